The zero-order chi connectivity index (χ0) is 10.6. The average molecular weight is 200 g/mol. The van der Waals surface area contributed by atoms with Gasteiger partial charge in [-0.1, -0.05) is 19.3 Å². The average Bonchev–Trinajstić information content (AvgIpc) is 2.27. The first kappa shape index (κ1) is 11.5. The van der Waals surface area contributed by atoms with Crippen molar-refractivity contribution in [2.24, 2.45) is 11.8 Å². The van der Waals surface area contributed by atoms with E-state index in [2.05, 4.69) is 4.74 Å². The van der Waals surface area contributed by atoms with E-state index < -0.39 is 6.10 Å². The van der Waals surface area contributed by atoms with Gasteiger partial charge in [0.15, 0.2) is 0 Å². The number of hydrogen-bond acceptors (Lipinski definition) is 3. The molecule has 1 aliphatic carbocycles. The van der Waals surface area contributed by atoms with Crippen molar-refractivity contribution in [2.45, 2.75) is 45.1 Å². The fraction of sp³-hybridized carbons (Fsp3) is 0.909. The van der Waals surface area contributed by atoms with Gasteiger partial charge in [0.25, 0.3) is 0 Å². The Morgan fingerprint density at radius 3 is 2.43 bits per heavy atom. The Labute approximate surface area is 85.5 Å². The molecule has 0 radical (unpaired) electrons. The van der Waals surface area contributed by atoms with Crippen LogP contribution in [0.5, 0.6) is 0 Å². The number of aliphatic hydroxyl groups excluding tert-OH is 1. The van der Waals surface area contributed by atoms with Crippen molar-refractivity contribution < 1.29 is 14.6 Å². The van der Waals surface area contributed by atoms with Crippen LogP contribution in [-0.4, -0.2) is 24.3 Å². The Hall–Kier alpha value is -0.570. The molecule has 0 unspecified atom stereocenters. The van der Waals surface area contributed by atoms with Crippen LogP contribution in [0.3, 0.4) is 0 Å². The normalized spacial score (nSPS) is 22.8. The number of ether oxygens (including phenoxy) is 1. The summed E-state index contributed by atoms with van der Waals surface area (Å²) in [7, 11) is 1.37. The summed E-state index contributed by atoms with van der Waals surface area (Å²) in [5.74, 6) is -0.399. The molecule has 0 aromatic carbocycles. The Balaban J connectivity index is 2.45. The molecule has 14 heavy (non-hydrogen) atoms. The number of hydrogen-bond donors (Lipinski definition) is 1. The Morgan fingerprint density at radius 2 is 1.93 bits per heavy atom. The fourth-order valence-electron chi connectivity index (χ4n) is 2.21. The summed E-state index contributed by atoms with van der Waals surface area (Å²) >= 11 is 0. The van der Waals surface area contributed by atoms with E-state index in [-0.39, 0.29) is 17.8 Å². The van der Waals surface area contributed by atoms with Crippen LogP contribution in [0.1, 0.15) is 39.0 Å². The second-order valence-corrected chi connectivity index (χ2v) is 4.20. The predicted octanol–water partition coefficient (Wildman–Crippen LogP) is 1.74. The highest BCUT2D eigenvalue weighted by atomic mass is 16.5. The van der Waals surface area contributed by atoms with Crippen LogP contribution in [0.4, 0.5) is 0 Å². The number of methoxy groups -OCH3 is 1. The monoisotopic (exact) mass is 200 g/mol. The first-order chi connectivity index (χ1) is 6.66. The SMILES string of the molecule is COC(=O)[C@@H](C)[C@H](O)C1CCCCC1. The predicted molar refractivity (Wildman–Crippen MR) is 53.8 cm³/mol. The highest BCUT2D eigenvalue weighted by Crippen LogP contribution is 2.29. The summed E-state index contributed by atoms with van der Waals surface area (Å²) in [6.07, 6.45) is 5.18. The molecule has 0 aromatic heterocycles. The number of carbonyl (C=O) groups is 1. The molecule has 0 saturated heterocycles. The fourth-order valence-corrected chi connectivity index (χ4v) is 2.21. The van der Waals surface area contributed by atoms with Crippen molar-refractivity contribution in [3.63, 3.8) is 0 Å². The third-order valence-electron chi connectivity index (χ3n) is 3.22. The summed E-state index contributed by atoms with van der Waals surface area (Å²) in [6.45, 7) is 1.74. The van der Waals surface area contributed by atoms with Gasteiger partial charge in [0.05, 0.1) is 19.1 Å². The lowest BCUT2D eigenvalue weighted by Gasteiger charge is -2.29. The third-order valence-corrected chi connectivity index (χ3v) is 3.22. The third kappa shape index (κ3) is 2.71. The molecule has 0 amide bonds. The van der Waals surface area contributed by atoms with Crippen molar-refractivity contribution in [1.82, 2.24) is 0 Å². The number of aliphatic hydroxyl groups is 1. The van der Waals surface area contributed by atoms with Crippen LogP contribution < -0.4 is 0 Å². The molecule has 1 aliphatic rings. The van der Waals surface area contributed by atoms with Gasteiger partial charge in [0.2, 0.25) is 0 Å². The molecule has 0 aromatic rings. The minimum atomic E-state index is -0.525. The van der Waals surface area contributed by atoms with Gasteiger partial charge in [0.1, 0.15) is 0 Å². The maximum Gasteiger partial charge on any atom is 0.311 e. The molecule has 0 aliphatic heterocycles. The Bertz CT molecular complexity index is 185. The van der Waals surface area contributed by atoms with Crippen molar-refractivity contribution in [2.75, 3.05) is 7.11 Å². The van der Waals surface area contributed by atoms with Crippen LogP contribution in [0.15, 0.2) is 0 Å². The summed E-state index contributed by atoms with van der Waals surface area (Å²) in [5, 5.41) is 9.94. The minimum absolute atomic E-state index is 0.290. The molecule has 0 heterocycles. The Kier molecular flexibility index (Phi) is 4.39. The molecule has 0 spiro atoms. The molecule has 3 nitrogen and oxygen atoms in total. The van der Waals surface area contributed by atoms with Crippen molar-refractivity contribution in [3.05, 3.63) is 0 Å². The van der Waals surface area contributed by atoms with Gasteiger partial charge in [-0.2, -0.15) is 0 Å². The van der Waals surface area contributed by atoms with Crippen molar-refractivity contribution in [3.8, 4) is 0 Å². The summed E-state index contributed by atoms with van der Waals surface area (Å²) in [5.41, 5.74) is 0. The van der Waals surface area contributed by atoms with E-state index in [9.17, 15) is 9.90 Å². The van der Waals surface area contributed by atoms with E-state index in [1.807, 2.05) is 0 Å². The quantitative estimate of drug-likeness (QED) is 0.706. The molecule has 1 fully saturated rings. The van der Waals surface area contributed by atoms with E-state index in [1.165, 1.54) is 26.4 Å². The van der Waals surface area contributed by atoms with Crippen LogP contribution in [-0.2, 0) is 9.53 Å². The van der Waals surface area contributed by atoms with Crippen molar-refractivity contribution in [1.29, 1.82) is 0 Å². The van der Waals surface area contributed by atoms with Crippen LogP contribution in [0.25, 0.3) is 0 Å². The molecule has 1 saturated carbocycles. The molecule has 2 atom stereocenters. The first-order valence-electron chi connectivity index (χ1n) is 5.42. The lowest BCUT2D eigenvalue weighted by molar-refractivity contribution is -0.150. The van der Waals surface area contributed by atoms with E-state index in [0.717, 1.165) is 12.8 Å². The van der Waals surface area contributed by atoms with Gasteiger partial charge in [0, 0.05) is 0 Å². The van der Waals surface area contributed by atoms with E-state index in [0.29, 0.717) is 0 Å². The van der Waals surface area contributed by atoms with Crippen LogP contribution in [0.2, 0.25) is 0 Å². The Morgan fingerprint density at radius 1 is 1.36 bits per heavy atom. The zero-order valence-corrected chi connectivity index (χ0v) is 9.03. The highest BCUT2D eigenvalue weighted by Gasteiger charge is 2.30. The van der Waals surface area contributed by atoms with Gasteiger partial charge >= 0.3 is 5.97 Å². The minimum Gasteiger partial charge on any atom is -0.469 e. The smallest absolute Gasteiger partial charge is 0.311 e. The molecule has 3 heteroatoms. The lowest BCUT2D eigenvalue weighted by Crippen LogP contribution is -2.34. The zero-order valence-electron chi connectivity index (χ0n) is 9.03. The lowest BCUT2D eigenvalue weighted by atomic mass is 9.81. The standard InChI is InChI=1S/C11H20O3/c1-8(11(13)14-2)10(12)9-6-4-3-5-7-9/h8-10,12H,3-7H2,1-2H3/t8-,10-/m0/s1. The second-order valence-electron chi connectivity index (χ2n) is 4.20. The number of esters is 1. The maximum atomic E-state index is 11.2. The topological polar surface area (TPSA) is 46.5 Å². The van der Waals surface area contributed by atoms with Gasteiger partial charge < -0.3 is 9.84 Å². The summed E-state index contributed by atoms with van der Waals surface area (Å²) in [4.78, 5) is 11.2. The highest BCUT2D eigenvalue weighted by molar-refractivity contribution is 5.72. The number of carbonyl (C=O) groups excluding carboxylic acids is 1. The summed E-state index contributed by atoms with van der Waals surface area (Å²) < 4.78 is 4.63. The first-order valence-corrected chi connectivity index (χ1v) is 5.42. The van der Waals surface area contributed by atoms with Gasteiger partial charge in [-0.25, -0.2) is 0 Å². The van der Waals surface area contributed by atoms with E-state index >= 15 is 0 Å². The second kappa shape index (κ2) is 5.35. The largest absolute Gasteiger partial charge is 0.469 e. The van der Waals surface area contributed by atoms with Crippen LogP contribution in [0, 0.1) is 11.8 Å². The molecule has 1 rings (SSSR count). The maximum absolute atomic E-state index is 11.2. The van der Waals surface area contributed by atoms with E-state index in [1.54, 1.807) is 6.92 Å². The molecular formula is C11H20O3. The number of rotatable bonds is 3. The van der Waals surface area contributed by atoms with Gasteiger partial charge in [-0.05, 0) is 25.7 Å². The van der Waals surface area contributed by atoms with Crippen LogP contribution >= 0.6 is 0 Å². The van der Waals surface area contributed by atoms with Gasteiger partial charge in [-0.15, -0.1) is 0 Å². The van der Waals surface area contributed by atoms with Gasteiger partial charge in [-0.3, -0.25) is 4.79 Å². The molecular weight excluding hydrogens is 180 g/mol. The molecule has 0 bridgehead atoms. The summed E-state index contributed by atoms with van der Waals surface area (Å²) in [6, 6.07) is 0. The molecule has 1 N–H and O–H groups in total. The van der Waals surface area contributed by atoms with E-state index in [4.69, 9.17) is 0 Å². The molecule has 82 valence electrons. The van der Waals surface area contributed by atoms with Crippen molar-refractivity contribution >= 4 is 5.97 Å².